The second-order valence-electron chi connectivity index (χ2n) is 7.75. The van der Waals surface area contributed by atoms with Gasteiger partial charge in [0.15, 0.2) is 0 Å². The molecule has 4 aromatic rings. The molecular formula is C24H24N4O2S. The maximum Gasteiger partial charge on any atom is 0.273 e. The third-order valence-corrected chi connectivity index (χ3v) is 6.03. The Labute approximate surface area is 184 Å². The van der Waals surface area contributed by atoms with Crippen LogP contribution in [0.1, 0.15) is 24.5 Å². The number of nitrogens with one attached hydrogen (secondary N) is 1. The van der Waals surface area contributed by atoms with Crippen LogP contribution in [0, 0.1) is 6.92 Å². The lowest BCUT2D eigenvalue weighted by atomic mass is 10.1. The van der Waals surface area contributed by atoms with Gasteiger partial charge in [-0.05, 0) is 43.8 Å². The Bertz CT molecular complexity index is 1250. The van der Waals surface area contributed by atoms with Crippen LogP contribution in [0.25, 0.3) is 21.5 Å². The molecule has 0 radical (unpaired) electrons. The molecule has 7 heteroatoms. The Hall–Kier alpha value is -3.32. The Morgan fingerprint density at radius 3 is 2.61 bits per heavy atom. The molecule has 2 heterocycles. The van der Waals surface area contributed by atoms with Crippen molar-refractivity contribution in [3.8, 4) is 11.3 Å². The van der Waals surface area contributed by atoms with Crippen molar-refractivity contribution in [3.05, 3.63) is 82.4 Å². The summed E-state index contributed by atoms with van der Waals surface area (Å²) in [7, 11) is 0. The van der Waals surface area contributed by atoms with Gasteiger partial charge in [-0.1, -0.05) is 60.2 Å². The number of hydrogen-bond donors (Lipinski definition) is 1. The molecule has 1 N–H and O–H groups in total. The normalized spacial score (nSPS) is 12.1. The molecule has 0 bridgehead atoms. The summed E-state index contributed by atoms with van der Waals surface area (Å²) < 4.78 is 6.25. The molecule has 0 fully saturated rings. The molecule has 0 aliphatic carbocycles. The van der Waals surface area contributed by atoms with Gasteiger partial charge in [-0.3, -0.25) is 14.2 Å². The summed E-state index contributed by atoms with van der Waals surface area (Å²) in [5, 5.41) is 2.97. The van der Waals surface area contributed by atoms with Gasteiger partial charge in [0.1, 0.15) is 22.5 Å². The molecule has 6 nitrogen and oxygen atoms in total. The fraction of sp³-hybridized carbons (Fsp3) is 0.250. The first kappa shape index (κ1) is 20.9. The van der Waals surface area contributed by atoms with E-state index >= 15 is 0 Å². The standard InChI is InChI=1S/C24H24N4O2S/c1-16-8-12-19(13-9-16)21-22-23(31-27-21)24(30)28(15-25-22)14-20(29)26-17(2)10-11-18-6-4-3-5-7-18/h3-9,12-13,15,17H,10-11,14H2,1-2H3,(H,26,29)/t17-/m1/s1. The maximum atomic E-state index is 12.9. The van der Waals surface area contributed by atoms with E-state index in [0.717, 1.165) is 35.5 Å². The monoisotopic (exact) mass is 432 g/mol. The van der Waals surface area contributed by atoms with Gasteiger partial charge in [-0.2, -0.15) is 4.37 Å². The second kappa shape index (κ2) is 9.22. The van der Waals surface area contributed by atoms with Gasteiger partial charge in [0.2, 0.25) is 5.91 Å². The number of amides is 1. The second-order valence-corrected chi connectivity index (χ2v) is 8.52. The van der Waals surface area contributed by atoms with Crippen molar-refractivity contribution < 1.29 is 4.79 Å². The average Bonchev–Trinajstić information content (AvgIpc) is 3.20. The number of carbonyl (C=O) groups excluding carboxylic acids is 1. The highest BCUT2D eigenvalue weighted by atomic mass is 32.1. The molecule has 1 amide bonds. The zero-order valence-electron chi connectivity index (χ0n) is 17.5. The fourth-order valence-corrected chi connectivity index (χ4v) is 4.25. The number of carbonyl (C=O) groups is 1. The van der Waals surface area contributed by atoms with E-state index in [0.29, 0.717) is 15.9 Å². The largest absolute Gasteiger partial charge is 0.352 e. The number of rotatable bonds is 7. The summed E-state index contributed by atoms with van der Waals surface area (Å²) in [6.45, 7) is 3.94. The summed E-state index contributed by atoms with van der Waals surface area (Å²) in [4.78, 5) is 29.8. The van der Waals surface area contributed by atoms with E-state index in [4.69, 9.17) is 0 Å². The number of aromatic nitrogens is 3. The summed E-state index contributed by atoms with van der Waals surface area (Å²) in [5.41, 5.74) is 4.35. The van der Waals surface area contributed by atoms with Crippen LogP contribution in [0.15, 0.2) is 65.7 Å². The minimum absolute atomic E-state index is 0.0108. The van der Waals surface area contributed by atoms with E-state index in [9.17, 15) is 9.59 Å². The molecule has 4 rings (SSSR count). The molecule has 0 aliphatic rings. The Morgan fingerprint density at radius 2 is 1.87 bits per heavy atom. The molecule has 2 aromatic carbocycles. The van der Waals surface area contributed by atoms with Crippen LogP contribution in [0.2, 0.25) is 0 Å². The zero-order valence-corrected chi connectivity index (χ0v) is 18.4. The first-order valence-electron chi connectivity index (χ1n) is 10.3. The SMILES string of the molecule is Cc1ccc(-c2nsc3c(=O)n(CC(=O)N[C@H](C)CCc4ccccc4)cnc23)cc1. The van der Waals surface area contributed by atoms with Gasteiger partial charge in [0.25, 0.3) is 5.56 Å². The Morgan fingerprint density at radius 1 is 1.13 bits per heavy atom. The molecule has 0 aliphatic heterocycles. The van der Waals surface area contributed by atoms with E-state index in [1.165, 1.54) is 16.5 Å². The molecule has 158 valence electrons. The maximum absolute atomic E-state index is 12.9. The van der Waals surface area contributed by atoms with Crippen molar-refractivity contribution in [2.24, 2.45) is 0 Å². The highest BCUT2D eigenvalue weighted by Crippen LogP contribution is 2.27. The summed E-state index contributed by atoms with van der Waals surface area (Å²) in [6.07, 6.45) is 3.15. The summed E-state index contributed by atoms with van der Waals surface area (Å²) in [5.74, 6) is -0.202. The van der Waals surface area contributed by atoms with E-state index in [2.05, 4.69) is 26.8 Å². The zero-order chi connectivity index (χ0) is 21.8. The number of aryl methyl sites for hydroxylation is 2. The third-order valence-electron chi connectivity index (χ3n) is 5.20. The smallest absolute Gasteiger partial charge is 0.273 e. The highest BCUT2D eigenvalue weighted by Gasteiger charge is 2.16. The van der Waals surface area contributed by atoms with Crippen molar-refractivity contribution in [3.63, 3.8) is 0 Å². The van der Waals surface area contributed by atoms with Gasteiger partial charge in [-0.25, -0.2) is 4.98 Å². The first-order valence-corrected chi connectivity index (χ1v) is 11.0. The molecule has 2 aromatic heterocycles. The van der Waals surface area contributed by atoms with E-state index < -0.39 is 0 Å². The minimum atomic E-state index is -0.243. The van der Waals surface area contributed by atoms with Crippen molar-refractivity contribution in [2.45, 2.75) is 39.3 Å². The molecule has 0 saturated carbocycles. The molecule has 0 spiro atoms. The number of nitrogens with zero attached hydrogens (tertiary/aromatic N) is 3. The number of benzene rings is 2. The van der Waals surface area contributed by atoms with Crippen LogP contribution in [-0.2, 0) is 17.8 Å². The lowest BCUT2D eigenvalue weighted by Gasteiger charge is -2.14. The average molecular weight is 433 g/mol. The predicted molar refractivity (Wildman–Crippen MR) is 124 cm³/mol. The Kier molecular flexibility index (Phi) is 6.23. The van der Waals surface area contributed by atoms with Gasteiger partial charge >= 0.3 is 0 Å². The van der Waals surface area contributed by atoms with Crippen LogP contribution in [0.4, 0.5) is 0 Å². The van der Waals surface area contributed by atoms with E-state index in [1.54, 1.807) is 0 Å². The summed E-state index contributed by atoms with van der Waals surface area (Å²) in [6, 6.07) is 18.1. The molecule has 0 unspecified atom stereocenters. The Balaban J connectivity index is 1.43. The van der Waals surface area contributed by atoms with E-state index in [1.807, 2.05) is 56.3 Å². The van der Waals surface area contributed by atoms with Crippen molar-refractivity contribution in [1.29, 1.82) is 0 Å². The quantitative estimate of drug-likeness (QED) is 0.479. The van der Waals surface area contributed by atoms with Crippen molar-refractivity contribution in [2.75, 3.05) is 0 Å². The van der Waals surface area contributed by atoms with Gasteiger partial charge in [-0.15, -0.1) is 0 Å². The van der Waals surface area contributed by atoms with Crippen LogP contribution >= 0.6 is 11.5 Å². The lowest BCUT2D eigenvalue weighted by molar-refractivity contribution is -0.122. The molecular weight excluding hydrogens is 408 g/mol. The highest BCUT2D eigenvalue weighted by molar-refractivity contribution is 7.13. The molecule has 1 atom stereocenters. The first-order chi connectivity index (χ1) is 15.0. The molecule has 0 saturated heterocycles. The van der Waals surface area contributed by atoms with Gasteiger partial charge in [0.05, 0.1) is 6.33 Å². The predicted octanol–water partition coefficient (Wildman–Crippen LogP) is 3.97. The van der Waals surface area contributed by atoms with Gasteiger partial charge < -0.3 is 5.32 Å². The minimum Gasteiger partial charge on any atom is -0.352 e. The van der Waals surface area contributed by atoms with E-state index in [-0.39, 0.29) is 24.1 Å². The van der Waals surface area contributed by atoms with Crippen LogP contribution in [-0.4, -0.2) is 25.9 Å². The van der Waals surface area contributed by atoms with Crippen LogP contribution in [0.3, 0.4) is 0 Å². The van der Waals surface area contributed by atoms with Crippen molar-refractivity contribution >= 4 is 27.7 Å². The fourth-order valence-electron chi connectivity index (χ4n) is 3.44. The van der Waals surface area contributed by atoms with Crippen LogP contribution in [0.5, 0.6) is 0 Å². The lowest BCUT2D eigenvalue weighted by Crippen LogP contribution is -2.37. The third kappa shape index (κ3) is 4.88. The summed E-state index contributed by atoms with van der Waals surface area (Å²) >= 11 is 1.12. The number of fused-ring (bicyclic) bond motifs is 1. The number of hydrogen-bond acceptors (Lipinski definition) is 5. The molecule has 31 heavy (non-hydrogen) atoms. The van der Waals surface area contributed by atoms with Crippen molar-refractivity contribution in [1.82, 2.24) is 19.2 Å². The van der Waals surface area contributed by atoms with Crippen LogP contribution < -0.4 is 10.9 Å². The topological polar surface area (TPSA) is 76.9 Å². The van der Waals surface area contributed by atoms with Gasteiger partial charge in [0, 0.05) is 11.6 Å².